The number of nitrogens with one attached hydrogen (secondary N) is 1. The highest BCUT2D eigenvalue weighted by atomic mass is 35.5. The number of rotatable bonds is 7. The van der Waals surface area contributed by atoms with Crippen LogP contribution in [-0.4, -0.2) is 45.2 Å². The van der Waals surface area contributed by atoms with E-state index < -0.39 is 0 Å². The molecule has 1 amide bonds. The quantitative estimate of drug-likeness (QED) is 0.586. The average molecular weight is 438 g/mol. The summed E-state index contributed by atoms with van der Waals surface area (Å²) in [5, 5.41) is 8.35. The highest BCUT2D eigenvalue weighted by molar-refractivity contribution is 6.31. The average Bonchev–Trinajstić information content (AvgIpc) is 3.46. The largest absolute Gasteiger partial charge is 0.350 e. The predicted octanol–water partition coefficient (Wildman–Crippen LogP) is 4.61. The Kier molecular flexibility index (Phi) is 6.68. The third-order valence-corrected chi connectivity index (χ3v) is 6.11. The first-order valence-corrected chi connectivity index (χ1v) is 11.2. The van der Waals surface area contributed by atoms with Crippen LogP contribution in [-0.2, 0) is 0 Å². The fourth-order valence-electron chi connectivity index (χ4n) is 4.27. The molecule has 0 aliphatic carbocycles. The fourth-order valence-corrected chi connectivity index (χ4v) is 4.53. The molecule has 4 rings (SSSR count). The van der Waals surface area contributed by atoms with Crippen LogP contribution in [0.4, 0.5) is 0 Å². The summed E-state index contributed by atoms with van der Waals surface area (Å²) in [5.74, 6) is 0.696. The maximum absolute atomic E-state index is 13.2. The molecule has 1 fully saturated rings. The third-order valence-electron chi connectivity index (χ3n) is 5.77. The highest BCUT2D eigenvalue weighted by Gasteiger charge is 2.27. The summed E-state index contributed by atoms with van der Waals surface area (Å²) in [6, 6.07) is 13.6. The second kappa shape index (κ2) is 9.62. The number of aromatic nitrogens is 3. The molecule has 0 spiro atoms. The zero-order valence-corrected chi connectivity index (χ0v) is 18.7. The molecule has 1 aliphatic rings. The molecular formula is C24H28ClN5O. The first-order valence-electron chi connectivity index (χ1n) is 10.8. The Balaban J connectivity index is 1.57. The number of hydrogen-bond donors (Lipinski definition) is 1. The molecule has 3 heterocycles. The molecule has 1 aliphatic heterocycles. The summed E-state index contributed by atoms with van der Waals surface area (Å²) in [6.07, 6.45) is 5.71. The van der Waals surface area contributed by atoms with Crippen LogP contribution in [0.25, 0.3) is 5.82 Å². The monoisotopic (exact) mass is 437 g/mol. The molecule has 1 aromatic carbocycles. The summed E-state index contributed by atoms with van der Waals surface area (Å²) < 4.78 is 1.76. The SMILES string of the molecule is CC(C)c1c(C(=O)NCC(c2ccccc2Cl)N2CCCC2)cnn1-c1ccccn1. The number of benzene rings is 1. The van der Waals surface area contributed by atoms with E-state index in [1.807, 2.05) is 36.4 Å². The normalized spacial score (nSPS) is 15.4. The van der Waals surface area contributed by atoms with Gasteiger partial charge in [0.2, 0.25) is 0 Å². The van der Waals surface area contributed by atoms with Crippen LogP contribution in [0.15, 0.2) is 54.9 Å². The van der Waals surface area contributed by atoms with Crippen molar-refractivity contribution in [3.63, 3.8) is 0 Å². The molecule has 0 radical (unpaired) electrons. The molecule has 0 saturated carbocycles. The van der Waals surface area contributed by atoms with Crippen LogP contribution in [0, 0.1) is 0 Å². The molecule has 1 unspecified atom stereocenters. The smallest absolute Gasteiger partial charge is 0.254 e. The Morgan fingerprint density at radius 3 is 2.55 bits per heavy atom. The van der Waals surface area contributed by atoms with Gasteiger partial charge in [-0.2, -0.15) is 5.10 Å². The van der Waals surface area contributed by atoms with E-state index in [-0.39, 0.29) is 17.9 Å². The summed E-state index contributed by atoms with van der Waals surface area (Å²) in [6.45, 7) is 6.64. The second-order valence-corrected chi connectivity index (χ2v) is 8.60. The molecule has 31 heavy (non-hydrogen) atoms. The fraction of sp³-hybridized carbons (Fsp3) is 0.375. The molecule has 1 atom stereocenters. The van der Waals surface area contributed by atoms with Gasteiger partial charge in [-0.25, -0.2) is 9.67 Å². The van der Waals surface area contributed by atoms with Crippen LogP contribution < -0.4 is 5.32 Å². The number of nitrogens with zero attached hydrogens (tertiary/aromatic N) is 4. The zero-order valence-electron chi connectivity index (χ0n) is 18.0. The third kappa shape index (κ3) is 4.65. The van der Waals surface area contributed by atoms with Gasteiger partial charge in [-0.1, -0.05) is 49.7 Å². The second-order valence-electron chi connectivity index (χ2n) is 8.19. The van der Waals surface area contributed by atoms with Crippen molar-refractivity contribution in [3.8, 4) is 5.82 Å². The molecule has 6 nitrogen and oxygen atoms in total. The molecule has 2 aromatic heterocycles. The van der Waals surface area contributed by atoms with Gasteiger partial charge in [0.15, 0.2) is 5.82 Å². The van der Waals surface area contributed by atoms with Gasteiger partial charge in [0.05, 0.1) is 23.5 Å². The number of hydrogen-bond acceptors (Lipinski definition) is 4. The van der Waals surface area contributed by atoms with Crippen molar-refractivity contribution in [2.24, 2.45) is 0 Å². The predicted molar refractivity (Wildman–Crippen MR) is 123 cm³/mol. The van der Waals surface area contributed by atoms with Gasteiger partial charge in [0, 0.05) is 17.8 Å². The van der Waals surface area contributed by atoms with E-state index in [9.17, 15) is 4.79 Å². The number of likely N-dealkylation sites (tertiary alicyclic amines) is 1. The molecule has 7 heteroatoms. The maximum Gasteiger partial charge on any atom is 0.254 e. The lowest BCUT2D eigenvalue weighted by Gasteiger charge is -2.29. The first kappa shape index (κ1) is 21.5. The van der Waals surface area contributed by atoms with Crippen molar-refractivity contribution < 1.29 is 4.79 Å². The van der Waals surface area contributed by atoms with E-state index in [4.69, 9.17) is 11.6 Å². The molecular weight excluding hydrogens is 410 g/mol. The van der Waals surface area contributed by atoms with Crippen molar-refractivity contribution in [2.75, 3.05) is 19.6 Å². The van der Waals surface area contributed by atoms with Crippen LogP contribution >= 0.6 is 11.6 Å². The highest BCUT2D eigenvalue weighted by Crippen LogP contribution is 2.30. The van der Waals surface area contributed by atoms with Crippen molar-refractivity contribution in [2.45, 2.75) is 38.6 Å². The summed E-state index contributed by atoms with van der Waals surface area (Å²) >= 11 is 6.51. The first-order chi connectivity index (χ1) is 15.1. The van der Waals surface area contributed by atoms with Gasteiger partial charge in [0.1, 0.15) is 0 Å². The minimum Gasteiger partial charge on any atom is -0.350 e. The van der Waals surface area contributed by atoms with Crippen molar-refractivity contribution in [3.05, 3.63) is 76.7 Å². The molecule has 1 N–H and O–H groups in total. The van der Waals surface area contributed by atoms with Crippen LogP contribution in [0.5, 0.6) is 0 Å². The molecule has 3 aromatic rings. The van der Waals surface area contributed by atoms with E-state index in [1.165, 1.54) is 12.8 Å². The Bertz CT molecular complexity index is 1030. The summed E-state index contributed by atoms with van der Waals surface area (Å²) in [5.41, 5.74) is 2.49. The maximum atomic E-state index is 13.2. The van der Waals surface area contributed by atoms with Crippen LogP contribution in [0.3, 0.4) is 0 Å². The van der Waals surface area contributed by atoms with E-state index >= 15 is 0 Å². The molecule has 1 saturated heterocycles. The minimum absolute atomic E-state index is 0.0495. The van der Waals surface area contributed by atoms with Gasteiger partial charge in [0.25, 0.3) is 5.91 Å². The number of pyridine rings is 1. The minimum atomic E-state index is -0.123. The molecule has 162 valence electrons. The number of carbonyl (C=O) groups excluding carboxylic acids is 1. The Morgan fingerprint density at radius 1 is 1.13 bits per heavy atom. The van der Waals surface area contributed by atoms with E-state index in [0.29, 0.717) is 17.9 Å². The number of carbonyl (C=O) groups is 1. The van der Waals surface area contributed by atoms with Gasteiger partial charge >= 0.3 is 0 Å². The Labute approximate surface area is 188 Å². The van der Waals surface area contributed by atoms with Crippen molar-refractivity contribution in [1.82, 2.24) is 25.0 Å². The zero-order chi connectivity index (χ0) is 21.8. The van der Waals surface area contributed by atoms with Crippen LogP contribution in [0.1, 0.15) is 60.3 Å². The van der Waals surface area contributed by atoms with Gasteiger partial charge in [-0.15, -0.1) is 0 Å². The van der Waals surface area contributed by atoms with Crippen molar-refractivity contribution in [1.29, 1.82) is 0 Å². The standard InChI is InChI=1S/C24H28ClN5O/c1-17(2)23-19(15-28-30(23)22-11-5-6-12-26-22)24(31)27-16-21(29-13-7-8-14-29)18-9-3-4-10-20(18)25/h3-6,9-12,15,17,21H,7-8,13-14,16H2,1-2H3,(H,27,31). The number of halogens is 1. The lowest BCUT2D eigenvalue weighted by atomic mass is 10.0. The van der Waals surface area contributed by atoms with Crippen LogP contribution in [0.2, 0.25) is 5.02 Å². The topological polar surface area (TPSA) is 63.1 Å². The van der Waals surface area contributed by atoms with Gasteiger partial charge < -0.3 is 5.32 Å². The van der Waals surface area contributed by atoms with Gasteiger partial charge in [-0.3, -0.25) is 9.69 Å². The summed E-state index contributed by atoms with van der Waals surface area (Å²) in [7, 11) is 0. The lowest BCUT2D eigenvalue weighted by molar-refractivity contribution is 0.0936. The Morgan fingerprint density at radius 2 is 1.87 bits per heavy atom. The lowest BCUT2D eigenvalue weighted by Crippen LogP contribution is -2.37. The van der Waals surface area contributed by atoms with E-state index in [2.05, 4.69) is 40.2 Å². The Hall–Kier alpha value is -2.70. The van der Waals surface area contributed by atoms with Gasteiger partial charge in [-0.05, 0) is 55.6 Å². The summed E-state index contributed by atoms with van der Waals surface area (Å²) in [4.78, 5) is 20.0. The van der Waals surface area contributed by atoms with Crippen molar-refractivity contribution >= 4 is 17.5 Å². The molecule has 0 bridgehead atoms. The van der Waals surface area contributed by atoms with E-state index in [0.717, 1.165) is 29.4 Å². The van der Waals surface area contributed by atoms with E-state index in [1.54, 1.807) is 17.1 Å². The number of amides is 1.